The molecule has 1 aromatic heterocycles. The summed E-state index contributed by atoms with van der Waals surface area (Å²) in [6, 6.07) is 0. The van der Waals surface area contributed by atoms with Crippen LogP contribution in [0.15, 0.2) is 11.3 Å². The molecule has 0 unspecified atom stereocenters. The van der Waals surface area contributed by atoms with Crippen LogP contribution in [0.2, 0.25) is 0 Å². The van der Waals surface area contributed by atoms with Crippen LogP contribution in [0, 0.1) is 6.92 Å². The fraction of sp³-hybridized carbons (Fsp3) is 0.222. The smallest absolute Gasteiger partial charge is 0.871 e. The van der Waals surface area contributed by atoms with E-state index in [9.17, 15) is 5.11 Å². The Kier molecular flexibility index (Phi) is 10.8. The Balaban J connectivity index is 0. The van der Waals surface area contributed by atoms with Gasteiger partial charge >= 0.3 is 17.1 Å². The van der Waals surface area contributed by atoms with Crippen LogP contribution in [0.3, 0.4) is 0 Å². The Labute approximate surface area is 142 Å². The third-order valence-electron chi connectivity index (χ3n) is 1.87. The summed E-state index contributed by atoms with van der Waals surface area (Å²) in [6.45, 7) is 1.30. The zero-order valence-electron chi connectivity index (χ0n) is 11.0. The van der Waals surface area contributed by atoms with E-state index in [1.807, 2.05) is 0 Å². The van der Waals surface area contributed by atoms with Crippen molar-refractivity contribution in [3.8, 4) is 5.75 Å². The van der Waals surface area contributed by atoms with Crippen LogP contribution in [0.4, 0.5) is 0 Å². The summed E-state index contributed by atoms with van der Waals surface area (Å²) in [4.78, 5) is 3.85. The minimum atomic E-state index is -5.17. The molecule has 0 aliphatic carbocycles. The van der Waals surface area contributed by atoms with Gasteiger partial charge in [0.25, 0.3) is 0 Å². The molecule has 123 valence electrons. The van der Waals surface area contributed by atoms with E-state index in [0.29, 0.717) is 11.3 Å². The van der Waals surface area contributed by atoms with Gasteiger partial charge in [-0.2, -0.15) is 5.10 Å². The minimum absolute atomic E-state index is 0. The second-order valence-electron chi connectivity index (χ2n) is 3.41. The number of pyridine rings is 1. The normalized spacial score (nSPS) is 10.4. The number of hydrazone groups is 1. The molecule has 1 rings (SSSR count). The number of nitrogens with two attached hydrogens (primary N) is 1. The van der Waals surface area contributed by atoms with E-state index in [1.54, 1.807) is 6.92 Å². The van der Waals surface area contributed by atoms with Crippen LogP contribution in [-0.2, 0) is 34.1 Å². The van der Waals surface area contributed by atoms with Crippen molar-refractivity contribution in [3.63, 3.8) is 0 Å². The molecular weight excluding hydrogens is 380 g/mol. The summed E-state index contributed by atoms with van der Waals surface area (Å²) in [6.07, 6.45) is 2.70. The Morgan fingerprint density at radius 3 is 2.50 bits per heavy atom. The third kappa shape index (κ3) is 10.4. The molecule has 0 bridgehead atoms. The van der Waals surface area contributed by atoms with Gasteiger partial charge in [-0.3, -0.25) is 18.8 Å². The SMILES string of the molecule is Cc1ncc(CO)c(C=NNC(N)=S)c1[O-].O=S(=O)([O-])[O-].[Fe+3]. The molecule has 0 saturated heterocycles. The van der Waals surface area contributed by atoms with Crippen molar-refractivity contribution in [2.75, 3.05) is 0 Å². The molecule has 1 aromatic rings. The molecular formula is C9H11FeN4O6S2. The second-order valence-corrected chi connectivity index (χ2v) is 4.67. The van der Waals surface area contributed by atoms with E-state index >= 15 is 0 Å². The minimum Gasteiger partial charge on any atom is -0.871 e. The monoisotopic (exact) mass is 391 g/mol. The molecule has 1 radical (unpaired) electrons. The van der Waals surface area contributed by atoms with Gasteiger partial charge in [0, 0.05) is 27.9 Å². The van der Waals surface area contributed by atoms with E-state index in [0.717, 1.165) is 0 Å². The van der Waals surface area contributed by atoms with Crippen LogP contribution in [-0.4, -0.2) is 38.9 Å². The molecule has 4 N–H and O–H groups in total. The first-order chi connectivity index (χ1) is 9.56. The van der Waals surface area contributed by atoms with Crippen molar-refractivity contribution >= 4 is 33.9 Å². The molecule has 1 heterocycles. The maximum atomic E-state index is 11.7. The summed E-state index contributed by atoms with van der Waals surface area (Å²) < 4.78 is 34.1. The predicted octanol–water partition coefficient (Wildman–Crippen LogP) is -2.22. The third-order valence-corrected chi connectivity index (χ3v) is 1.96. The number of nitrogens with zero attached hydrogens (tertiary/aromatic N) is 2. The predicted molar refractivity (Wildman–Crippen MR) is 72.3 cm³/mol. The van der Waals surface area contributed by atoms with Crippen molar-refractivity contribution < 1.29 is 44.8 Å². The molecule has 13 heteroatoms. The first-order valence-corrected chi connectivity index (χ1v) is 6.82. The maximum Gasteiger partial charge on any atom is 3.00 e. The standard InChI is InChI=1S/C9H12N4O2S.Fe.H2O4S/c1-5-8(15)7(3-12-13-9(10)16)6(4-14)2-11-5;;1-5(2,3)4/h2-3,14-15H,4H2,1H3,(H3,10,13,16);;(H2,1,2,3,4)/q;+3;/p-3. The van der Waals surface area contributed by atoms with Crippen molar-refractivity contribution in [1.29, 1.82) is 0 Å². The van der Waals surface area contributed by atoms with Gasteiger partial charge in [-0.05, 0) is 24.7 Å². The first kappa shape index (κ1) is 22.9. The molecule has 0 amide bonds. The van der Waals surface area contributed by atoms with Gasteiger partial charge in [-0.25, -0.2) is 0 Å². The summed E-state index contributed by atoms with van der Waals surface area (Å²) in [5.41, 5.74) is 8.52. The van der Waals surface area contributed by atoms with E-state index in [1.165, 1.54) is 12.4 Å². The zero-order chi connectivity index (χ0) is 16.6. The average molecular weight is 391 g/mol. The van der Waals surface area contributed by atoms with Crippen molar-refractivity contribution in [2.45, 2.75) is 13.5 Å². The average Bonchev–Trinajstić information content (AvgIpc) is 2.32. The molecule has 0 aromatic carbocycles. The molecule has 0 fully saturated rings. The first-order valence-electron chi connectivity index (χ1n) is 5.07. The number of hydrogen-bond donors (Lipinski definition) is 3. The van der Waals surface area contributed by atoms with Crippen molar-refractivity contribution in [1.82, 2.24) is 10.4 Å². The summed E-state index contributed by atoms with van der Waals surface area (Å²) >= 11 is 4.54. The summed E-state index contributed by atoms with van der Waals surface area (Å²) in [5.74, 6) is -0.278. The zero-order valence-corrected chi connectivity index (χ0v) is 13.7. The van der Waals surface area contributed by atoms with Crippen molar-refractivity contribution in [2.24, 2.45) is 10.8 Å². The molecule has 0 saturated carbocycles. The quantitative estimate of drug-likeness (QED) is 0.127. The van der Waals surface area contributed by atoms with Crippen LogP contribution in [0.5, 0.6) is 5.75 Å². The van der Waals surface area contributed by atoms with Gasteiger partial charge in [-0.1, -0.05) is 5.75 Å². The second kappa shape index (κ2) is 10.4. The van der Waals surface area contributed by atoms with Gasteiger partial charge in [0.05, 0.1) is 12.8 Å². The number of rotatable bonds is 3. The number of nitrogens with one attached hydrogen (secondary N) is 1. The summed E-state index contributed by atoms with van der Waals surface area (Å²) in [5, 5.41) is 24.4. The number of aryl methyl sites for hydroxylation is 1. The Morgan fingerprint density at radius 2 is 2.09 bits per heavy atom. The molecule has 10 nitrogen and oxygen atoms in total. The molecule has 0 spiro atoms. The Bertz CT molecular complexity index is 629. The Hall–Kier alpha value is -1.34. The number of aromatic nitrogens is 1. The molecule has 0 atom stereocenters. The number of aliphatic hydroxyl groups is 1. The molecule has 0 aliphatic heterocycles. The van der Waals surface area contributed by atoms with Crippen molar-refractivity contribution in [3.05, 3.63) is 23.0 Å². The fourth-order valence-electron chi connectivity index (χ4n) is 1.07. The van der Waals surface area contributed by atoms with Gasteiger partial charge in [0.15, 0.2) is 5.11 Å². The molecule has 0 aliphatic rings. The largest absolute Gasteiger partial charge is 3.00 e. The molecule has 22 heavy (non-hydrogen) atoms. The number of hydrogen-bond acceptors (Lipinski definition) is 9. The van der Waals surface area contributed by atoms with Crippen LogP contribution < -0.4 is 16.3 Å². The van der Waals surface area contributed by atoms with Gasteiger partial charge < -0.3 is 25.1 Å². The topological polar surface area (TPSA) is 187 Å². The van der Waals surface area contributed by atoms with Gasteiger partial charge in [0.2, 0.25) is 0 Å². The fourth-order valence-corrected chi connectivity index (χ4v) is 1.12. The summed E-state index contributed by atoms with van der Waals surface area (Å²) in [7, 11) is -5.17. The van der Waals surface area contributed by atoms with Gasteiger partial charge in [-0.15, -0.1) is 0 Å². The number of thiocarbonyl (C=S) groups is 1. The van der Waals surface area contributed by atoms with E-state index in [4.69, 9.17) is 28.4 Å². The van der Waals surface area contributed by atoms with E-state index in [2.05, 4.69) is 27.7 Å². The Morgan fingerprint density at radius 1 is 1.59 bits per heavy atom. The van der Waals surface area contributed by atoms with E-state index < -0.39 is 10.4 Å². The number of aliphatic hydroxyl groups excluding tert-OH is 1. The van der Waals surface area contributed by atoms with E-state index in [-0.39, 0.29) is 40.1 Å². The van der Waals surface area contributed by atoms with Crippen LogP contribution in [0.1, 0.15) is 16.8 Å². The maximum absolute atomic E-state index is 11.7. The van der Waals surface area contributed by atoms with Gasteiger partial charge in [0.1, 0.15) is 0 Å². The van der Waals surface area contributed by atoms with Crippen LogP contribution >= 0.6 is 12.2 Å². The van der Waals surface area contributed by atoms with Crippen LogP contribution in [0.25, 0.3) is 0 Å².